The van der Waals surface area contributed by atoms with E-state index >= 15 is 0 Å². The molecule has 1 fully saturated rings. The number of ether oxygens (including phenoxy) is 2. The number of hydrogen-bond acceptors (Lipinski definition) is 4. The normalized spacial score (nSPS) is 21.8. The van der Waals surface area contributed by atoms with E-state index in [1.54, 1.807) is 38.8 Å². The lowest BCUT2D eigenvalue weighted by molar-refractivity contribution is -0.137. The number of benzene rings is 2. The summed E-state index contributed by atoms with van der Waals surface area (Å²) in [5, 5.41) is 10.7. The standard InChI is InChI=1S/C31H38F3NO4/c1-18-12-20(14-23(13-18)31(32,33)34)27-19(2)35(28(36)39-27)17-21-16-29(3,4)11-10-24(21)25-15-22(30(5,6)37)8-9-26(25)38-7/h8-9,12-15,19,27,37H,10-11,16-17H2,1-7H3/t19-,27-/m0/s1. The number of rotatable bonds is 6. The number of aryl methyl sites for hydroxylation is 1. The molecule has 1 heterocycles. The molecular formula is C31H38F3NO4. The molecule has 2 atom stereocenters. The maximum Gasteiger partial charge on any atom is 0.416 e. The Hall–Kier alpha value is -3.00. The van der Waals surface area contributed by atoms with Crippen LogP contribution in [0.3, 0.4) is 0 Å². The lowest BCUT2D eigenvalue weighted by Crippen LogP contribution is -2.35. The summed E-state index contributed by atoms with van der Waals surface area (Å²) in [4.78, 5) is 14.7. The first kappa shape index (κ1) is 29.0. The second kappa shape index (κ2) is 10.2. The molecule has 1 N–H and O–H groups in total. The number of aliphatic hydroxyl groups is 1. The number of amides is 1. The van der Waals surface area contributed by atoms with Crippen molar-refractivity contribution in [3.63, 3.8) is 0 Å². The van der Waals surface area contributed by atoms with E-state index in [1.807, 2.05) is 25.1 Å². The van der Waals surface area contributed by atoms with Crippen LogP contribution in [-0.4, -0.2) is 35.8 Å². The highest BCUT2D eigenvalue weighted by Gasteiger charge is 2.42. The van der Waals surface area contributed by atoms with Crippen LogP contribution in [0.5, 0.6) is 5.75 Å². The summed E-state index contributed by atoms with van der Waals surface area (Å²) in [5.74, 6) is 0.685. The van der Waals surface area contributed by atoms with Crippen LogP contribution in [0.2, 0.25) is 0 Å². The molecule has 2 aliphatic rings. The number of cyclic esters (lactones) is 1. The van der Waals surface area contributed by atoms with Gasteiger partial charge in [-0.15, -0.1) is 0 Å². The number of carbonyl (C=O) groups excluding carboxylic acids is 1. The number of halogens is 3. The SMILES string of the molecule is COc1ccc(C(C)(C)O)cc1C1=C(CN2C(=O)O[C@H](c3cc(C)cc(C(F)(F)F)c3)[C@@H]2C)CC(C)(C)CC1. The van der Waals surface area contributed by atoms with Gasteiger partial charge in [0.15, 0.2) is 0 Å². The van der Waals surface area contributed by atoms with Gasteiger partial charge in [-0.25, -0.2) is 4.79 Å². The molecule has 0 radical (unpaired) electrons. The smallest absolute Gasteiger partial charge is 0.416 e. The van der Waals surface area contributed by atoms with Crippen molar-refractivity contribution >= 4 is 11.7 Å². The molecule has 0 aromatic heterocycles. The maximum atomic E-state index is 13.5. The Kier molecular flexibility index (Phi) is 7.58. The number of nitrogens with zero attached hydrogens (tertiary/aromatic N) is 1. The molecule has 8 heteroatoms. The van der Waals surface area contributed by atoms with Crippen molar-refractivity contribution in [1.29, 1.82) is 0 Å². The zero-order valence-electron chi connectivity index (χ0n) is 23.7. The summed E-state index contributed by atoms with van der Waals surface area (Å²) in [6.07, 6.45) is -3.41. The van der Waals surface area contributed by atoms with Crippen LogP contribution in [0.25, 0.3) is 5.57 Å². The van der Waals surface area contributed by atoms with E-state index in [2.05, 4.69) is 13.8 Å². The summed E-state index contributed by atoms with van der Waals surface area (Å²) in [7, 11) is 1.61. The lowest BCUT2D eigenvalue weighted by atomic mass is 9.72. The summed E-state index contributed by atoms with van der Waals surface area (Å²) in [6, 6.07) is 9.00. The molecule has 212 valence electrons. The van der Waals surface area contributed by atoms with Gasteiger partial charge in [0, 0.05) is 12.1 Å². The van der Waals surface area contributed by atoms with Crippen molar-refractivity contribution in [3.05, 3.63) is 69.8 Å². The Morgan fingerprint density at radius 3 is 2.44 bits per heavy atom. The number of allylic oxidation sites excluding steroid dienone is 1. The highest BCUT2D eigenvalue weighted by atomic mass is 19.4. The quantitative estimate of drug-likeness (QED) is 0.402. The van der Waals surface area contributed by atoms with Gasteiger partial charge in [-0.1, -0.05) is 31.5 Å². The first-order valence-electron chi connectivity index (χ1n) is 13.3. The minimum Gasteiger partial charge on any atom is -0.496 e. The maximum absolute atomic E-state index is 13.5. The molecule has 2 aromatic carbocycles. The fraction of sp³-hybridized carbons (Fsp3) is 0.516. The fourth-order valence-corrected chi connectivity index (χ4v) is 5.72. The summed E-state index contributed by atoms with van der Waals surface area (Å²) < 4.78 is 51.8. The van der Waals surface area contributed by atoms with Gasteiger partial charge in [-0.05, 0) is 98.9 Å². The van der Waals surface area contributed by atoms with Crippen LogP contribution in [0, 0.1) is 12.3 Å². The average Bonchev–Trinajstić information content (AvgIpc) is 3.10. The molecule has 39 heavy (non-hydrogen) atoms. The van der Waals surface area contributed by atoms with Crippen LogP contribution >= 0.6 is 0 Å². The van der Waals surface area contributed by atoms with Gasteiger partial charge in [0.1, 0.15) is 11.9 Å². The van der Waals surface area contributed by atoms with E-state index in [-0.39, 0.29) is 5.41 Å². The fourth-order valence-electron chi connectivity index (χ4n) is 5.72. The van der Waals surface area contributed by atoms with Gasteiger partial charge in [-0.2, -0.15) is 13.2 Å². The zero-order valence-corrected chi connectivity index (χ0v) is 23.7. The van der Waals surface area contributed by atoms with Crippen LogP contribution in [0.1, 0.15) is 87.8 Å². The molecule has 1 aliphatic carbocycles. The molecule has 2 aromatic rings. The third-order valence-corrected chi connectivity index (χ3v) is 7.91. The van der Waals surface area contributed by atoms with E-state index in [1.165, 1.54) is 0 Å². The van der Waals surface area contributed by atoms with E-state index < -0.39 is 35.6 Å². The predicted molar refractivity (Wildman–Crippen MR) is 144 cm³/mol. The van der Waals surface area contributed by atoms with Crippen molar-refractivity contribution in [2.75, 3.05) is 13.7 Å². The molecular weight excluding hydrogens is 507 g/mol. The topological polar surface area (TPSA) is 59.0 Å². The lowest BCUT2D eigenvalue weighted by Gasteiger charge is -2.36. The van der Waals surface area contributed by atoms with Crippen LogP contribution in [-0.2, 0) is 16.5 Å². The molecule has 0 saturated carbocycles. The zero-order chi connectivity index (χ0) is 28.9. The van der Waals surface area contributed by atoms with Gasteiger partial charge in [0.05, 0.1) is 24.3 Å². The Morgan fingerprint density at radius 1 is 1.13 bits per heavy atom. The predicted octanol–water partition coefficient (Wildman–Crippen LogP) is 7.80. The number of methoxy groups -OCH3 is 1. The van der Waals surface area contributed by atoms with Gasteiger partial charge in [-0.3, -0.25) is 4.90 Å². The van der Waals surface area contributed by atoms with Gasteiger partial charge < -0.3 is 14.6 Å². The minimum absolute atomic E-state index is 0.00431. The second-order valence-corrected chi connectivity index (χ2v) is 12.2. The summed E-state index contributed by atoms with van der Waals surface area (Å²) in [5.41, 5.74) is 2.76. The molecule has 4 rings (SSSR count). The van der Waals surface area contributed by atoms with E-state index in [0.29, 0.717) is 23.4 Å². The second-order valence-electron chi connectivity index (χ2n) is 12.2. The van der Waals surface area contributed by atoms with Crippen molar-refractivity contribution in [3.8, 4) is 5.75 Å². The average molecular weight is 546 g/mol. The Morgan fingerprint density at radius 2 is 1.82 bits per heavy atom. The van der Waals surface area contributed by atoms with Crippen LogP contribution < -0.4 is 4.74 Å². The summed E-state index contributed by atoms with van der Waals surface area (Å²) >= 11 is 0. The summed E-state index contributed by atoms with van der Waals surface area (Å²) in [6.45, 7) is 11.6. The molecule has 0 bridgehead atoms. The van der Waals surface area contributed by atoms with Crippen LogP contribution in [0.4, 0.5) is 18.0 Å². The van der Waals surface area contributed by atoms with Crippen molar-refractivity contribution < 1.29 is 32.5 Å². The van der Waals surface area contributed by atoms with Gasteiger partial charge >= 0.3 is 12.3 Å². The van der Waals surface area contributed by atoms with Gasteiger partial charge in [0.25, 0.3) is 0 Å². The van der Waals surface area contributed by atoms with E-state index in [9.17, 15) is 23.1 Å². The van der Waals surface area contributed by atoms with E-state index in [4.69, 9.17) is 9.47 Å². The third kappa shape index (κ3) is 6.11. The minimum atomic E-state index is -4.49. The molecule has 1 amide bonds. The largest absolute Gasteiger partial charge is 0.496 e. The Labute approximate surface area is 228 Å². The highest BCUT2D eigenvalue weighted by molar-refractivity contribution is 5.77. The van der Waals surface area contributed by atoms with Gasteiger partial charge in [0.2, 0.25) is 0 Å². The molecule has 1 aliphatic heterocycles. The number of alkyl halides is 3. The van der Waals surface area contributed by atoms with Crippen molar-refractivity contribution in [2.24, 2.45) is 5.41 Å². The van der Waals surface area contributed by atoms with Crippen molar-refractivity contribution in [1.82, 2.24) is 4.90 Å². The van der Waals surface area contributed by atoms with Crippen LogP contribution in [0.15, 0.2) is 42.0 Å². The molecule has 5 nitrogen and oxygen atoms in total. The first-order chi connectivity index (χ1) is 18.0. The monoisotopic (exact) mass is 545 g/mol. The Balaban J connectivity index is 1.73. The highest BCUT2D eigenvalue weighted by Crippen LogP contribution is 2.46. The Bertz CT molecular complexity index is 1290. The van der Waals surface area contributed by atoms with Crippen molar-refractivity contribution in [2.45, 2.75) is 84.7 Å². The molecule has 1 saturated heterocycles. The number of carbonyl (C=O) groups is 1. The molecule has 0 spiro atoms. The third-order valence-electron chi connectivity index (χ3n) is 7.91. The molecule has 0 unspecified atom stereocenters. The van der Waals surface area contributed by atoms with E-state index in [0.717, 1.165) is 53.7 Å². The number of hydrogen-bond donors (Lipinski definition) is 1. The first-order valence-corrected chi connectivity index (χ1v) is 13.3.